The van der Waals surface area contributed by atoms with E-state index in [1.807, 2.05) is 35.7 Å². The van der Waals surface area contributed by atoms with E-state index in [2.05, 4.69) is 24.1 Å². The number of hydrogen-bond acceptors (Lipinski definition) is 5. The Balaban J connectivity index is 1.48. The maximum atomic E-state index is 12.5. The molecule has 0 aliphatic carbocycles. The number of aromatic nitrogens is 1. The first kappa shape index (κ1) is 21.7. The van der Waals surface area contributed by atoms with Crippen LogP contribution in [0.2, 0.25) is 0 Å². The molecule has 1 aromatic carbocycles. The summed E-state index contributed by atoms with van der Waals surface area (Å²) in [7, 11) is -3.48. The second kappa shape index (κ2) is 9.65. The van der Waals surface area contributed by atoms with Crippen LogP contribution in [-0.2, 0) is 21.4 Å². The Kier molecular flexibility index (Phi) is 7.21. The molecule has 1 aliphatic rings. The van der Waals surface area contributed by atoms with Crippen LogP contribution in [-0.4, -0.2) is 36.7 Å². The van der Waals surface area contributed by atoms with Crippen molar-refractivity contribution >= 4 is 33.3 Å². The predicted molar refractivity (Wildman–Crippen MR) is 117 cm³/mol. The SMILES string of the molecule is CC(C)c1nc(CNC(=O)C2CCN(S(=O)(=O)/C=C/c3ccccc3)CC2)cs1. The molecule has 1 aliphatic heterocycles. The zero-order valence-corrected chi connectivity index (χ0v) is 18.4. The van der Waals surface area contributed by atoms with E-state index in [-0.39, 0.29) is 11.8 Å². The number of rotatable bonds is 7. The molecule has 0 spiro atoms. The Morgan fingerprint density at radius 1 is 1.28 bits per heavy atom. The number of carbonyl (C=O) groups excluding carboxylic acids is 1. The average molecular weight is 434 g/mol. The van der Waals surface area contributed by atoms with Crippen molar-refractivity contribution in [2.45, 2.75) is 39.2 Å². The third-order valence-electron chi connectivity index (χ3n) is 4.92. The molecule has 0 saturated carbocycles. The molecule has 1 N–H and O–H groups in total. The van der Waals surface area contributed by atoms with E-state index in [0.717, 1.165) is 16.3 Å². The number of piperidine rings is 1. The second-order valence-electron chi connectivity index (χ2n) is 7.48. The van der Waals surface area contributed by atoms with Gasteiger partial charge in [-0.1, -0.05) is 44.2 Å². The molecule has 0 radical (unpaired) electrons. The van der Waals surface area contributed by atoms with Gasteiger partial charge in [0.15, 0.2) is 0 Å². The minimum atomic E-state index is -3.48. The van der Waals surface area contributed by atoms with Crippen molar-refractivity contribution < 1.29 is 13.2 Å². The van der Waals surface area contributed by atoms with Crippen molar-refractivity contribution in [3.63, 3.8) is 0 Å². The van der Waals surface area contributed by atoms with Gasteiger partial charge in [-0.2, -0.15) is 4.31 Å². The number of carbonyl (C=O) groups is 1. The zero-order chi connectivity index (χ0) is 20.9. The van der Waals surface area contributed by atoms with E-state index < -0.39 is 10.0 Å². The first-order valence-corrected chi connectivity index (χ1v) is 12.2. The molecule has 2 aromatic rings. The van der Waals surface area contributed by atoms with Gasteiger partial charge in [0.1, 0.15) is 0 Å². The van der Waals surface area contributed by atoms with Gasteiger partial charge in [0.05, 0.1) is 17.2 Å². The first-order chi connectivity index (χ1) is 13.8. The lowest BCUT2D eigenvalue weighted by atomic mass is 9.97. The molecular weight excluding hydrogens is 406 g/mol. The minimum Gasteiger partial charge on any atom is -0.350 e. The Morgan fingerprint density at radius 3 is 2.59 bits per heavy atom. The van der Waals surface area contributed by atoms with Crippen LogP contribution in [0.1, 0.15) is 48.9 Å². The zero-order valence-electron chi connectivity index (χ0n) is 16.7. The van der Waals surface area contributed by atoms with Crippen molar-refractivity contribution in [3.05, 3.63) is 57.4 Å². The van der Waals surface area contributed by atoms with Crippen LogP contribution < -0.4 is 5.32 Å². The summed E-state index contributed by atoms with van der Waals surface area (Å²) >= 11 is 1.61. The number of hydrogen-bond donors (Lipinski definition) is 1. The Labute approximate surface area is 176 Å². The van der Waals surface area contributed by atoms with Crippen LogP contribution >= 0.6 is 11.3 Å². The summed E-state index contributed by atoms with van der Waals surface area (Å²) in [5.41, 5.74) is 1.71. The maximum Gasteiger partial charge on any atom is 0.236 e. The van der Waals surface area contributed by atoms with Gasteiger partial charge in [-0.05, 0) is 24.5 Å². The highest BCUT2D eigenvalue weighted by Gasteiger charge is 2.29. The molecular formula is C21H27N3O3S2. The fourth-order valence-electron chi connectivity index (χ4n) is 3.18. The second-order valence-corrected chi connectivity index (χ2v) is 10.2. The van der Waals surface area contributed by atoms with E-state index in [9.17, 15) is 13.2 Å². The highest BCUT2D eigenvalue weighted by Crippen LogP contribution is 2.22. The van der Waals surface area contributed by atoms with E-state index >= 15 is 0 Å². The van der Waals surface area contributed by atoms with Crippen molar-refractivity contribution in [2.24, 2.45) is 5.92 Å². The number of sulfonamides is 1. The quantitative estimate of drug-likeness (QED) is 0.724. The third kappa shape index (κ3) is 5.98. The molecule has 1 fully saturated rings. The minimum absolute atomic E-state index is 0.0269. The molecule has 3 rings (SSSR count). The van der Waals surface area contributed by atoms with Crippen LogP contribution in [0.3, 0.4) is 0 Å². The predicted octanol–water partition coefficient (Wildman–Crippen LogP) is 3.60. The first-order valence-electron chi connectivity index (χ1n) is 9.80. The third-order valence-corrected chi connectivity index (χ3v) is 7.68. The van der Waals surface area contributed by atoms with Crippen LogP contribution in [0, 0.1) is 5.92 Å². The molecule has 1 aromatic heterocycles. The van der Waals surface area contributed by atoms with Crippen molar-refractivity contribution in [1.29, 1.82) is 0 Å². The van der Waals surface area contributed by atoms with Crippen LogP contribution in [0.4, 0.5) is 0 Å². The molecule has 156 valence electrons. The molecule has 0 unspecified atom stereocenters. The van der Waals surface area contributed by atoms with E-state index in [4.69, 9.17) is 0 Å². The highest BCUT2D eigenvalue weighted by atomic mass is 32.2. The van der Waals surface area contributed by atoms with Crippen LogP contribution in [0.5, 0.6) is 0 Å². The maximum absolute atomic E-state index is 12.5. The van der Waals surface area contributed by atoms with E-state index in [1.165, 1.54) is 9.71 Å². The lowest BCUT2D eigenvalue weighted by molar-refractivity contribution is -0.126. The Bertz CT molecular complexity index is 945. The smallest absolute Gasteiger partial charge is 0.236 e. The van der Waals surface area contributed by atoms with Gasteiger partial charge in [0.2, 0.25) is 15.9 Å². The summed E-state index contributed by atoms with van der Waals surface area (Å²) in [6, 6.07) is 9.33. The normalized spacial score (nSPS) is 16.5. The topological polar surface area (TPSA) is 79.4 Å². The fourth-order valence-corrected chi connectivity index (χ4v) is 5.23. The summed E-state index contributed by atoms with van der Waals surface area (Å²) in [5, 5.41) is 7.23. The summed E-state index contributed by atoms with van der Waals surface area (Å²) in [4.78, 5) is 17.0. The Morgan fingerprint density at radius 2 is 1.97 bits per heavy atom. The van der Waals surface area contributed by atoms with Gasteiger partial charge < -0.3 is 5.32 Å². The van der Waals surface area contributed by atoms with E-state index in [0.29, 0.717) is 38.4 Å². The summed E-state index contributed by atoms with van der Waals surface area (Å²) in [5.74, 6) is 0.190. The lowest BCUT2D eigenvalue weighted by Gasteiger charge is -2.29. The van der Waals surface area contributed by atoms with Crippen molar-refractivity contribution in [2.75, 3.05) is 13.1 Å². The summed E-state index contributed by atoms with van der Waals surface area (Å²) < 4.78 is 26.5. The largest absolute Gasteiger partial charge is 0.350 e. The molecule has 6 nitrogen and oxygen atoms in total. The van der Waals surface area contributed by atoms with Gasteiger partial charge in [0.25, 0.3) is 0 Å². The van der Waals surface area contributed by atoms with Gasteiger partial charge in [-0.15, -0.1) is 11.3 Å². The standard InChI is InChI=1S/C21H27N3O3S2/c1-16(2)21-23-19(15-28-21)14-22-20(25)18-8-11-24(12-9-18)29(26,27)13-10-17-6-4-3-5-7-17/h3-7,10,13,15-16,18H,8-9,11-12,14H2,1-2H3,(H,22,25)/b13-10+. The monoisotopic (exact) mass is 433 g/mol. The van der Waals surface area contributed by atoms with Gasteiger partial charge >= 0.3 is 0 Å². The Hall–Kier alpha value is -2.03. The van der Waals surface area contributed by atoms with Crippen molar-refractivity contribution in [1.82, 2.24) is 14.6 Å². The highest BCUT2D eigenvalue weighted by molar-refractivity contribution is 7.92. The van der Waals surface area contributed by atoms with Crippen LogP contribution in [0.15, 0.2) is 41.1 Å². The molecule has 8 heteroatoms. The van der Waals surface area contributed by atoms with Gasteiger partial charge in [-0.3, -0.25) is 4.79 Å². The van der Waals surface area contributed by atoms with Crippen LogP contribution in [0.25, 0.3) is 6.08 Å². The van der Waals surface area contributed by atoms with Crippen molar-refractivity contribution in [3.8, 4) is 0 Å². The molecule has 0 bridgehead atoms. The number of nitrogens with one attached hydrogen (secondary N) is 1. The molecule has 1 amide bonds. The number of benzene rings is 1. The molecule has 0 atom stereocenters. The average Bonchev–Trinajstić information content (AvgIpc) is 3.21. The summed E-state index contributed by atoms with van der Waals surface area (Å²) in [6.45, 7) is 5.32. The number of nitrogens with zero attached hydrogens (tertiary/aromatic N) is 2. The number of thiazole rings is 1. The molecule has 29 heavy (non-hydrogen) atoms. The van der Waals surface area contributed by atoms with Gasteiger partial charge in [-0.25, -0.2) is 13.4 Å². The fraction of sp³-hybridized carbons (Fsp3) is 0.429. The summed E-state index contributed by atoms with van der Waals surface area (Å²) in [6.07, 6.45) is 2.66. The van der Waals surface area contributed by atoms with E-state index in [1.54, 1.807) is 17.4 Å². The molecule has 1 saturated heterocycles. The molecule has 2 heterocycles. The van der Waals surface area contributed by atoms with Gasteiger partial charge in [0, 0.05) is 35.7 Å². The number of amides is 1. The lowest BCUT2D eigenvalue weighted by Crippen LogP contribution is -2.42.